The highest BCUT2D eigenvalue weighted by molar-refractivity contribution is 6.02. The van der Waals surface area contributed by atoms with E-state index < -0.39 is 5.91 Å². The zero-order valence-corrected chi connectivity index (χ0v) is 15.8. The molecule has 0 aliphatic heterocycles. The number of benzene rings is 1. The van der Waals surface area contributed by atoms with E-state index in [1.807, 2.05) is 12.1 Å². The van der Waals surface area contributed by atoms with E-state index in [2.05, 4.69) is 27.5 Å². The van der Waals surface area contributed by atoms with Crippen LogP contribution in [0.4, 0.5) is 0 Å². The Kier molecular flexibility index (Phi) is 4.19. The molecule has 8 nitrogen and oxygen atoms in total. The summed E-state index contributed by atoms with van der Waals surface area (Å²) in [4.78, 5) is 29.2. The lowest BCUT2D eigenvalue weighted by atomic mass is 10.1. The third-order valence-electron chi connectivity index (χ3n) is 5.50. The van der Waals surface area contributed by atoms with E-state index in [4.69, 9.17) is 10.5 Å². The van der Waals surface area contributed by atoms with Crippen molar-refractivity contribution in [3.63, 3.8) is 0 Å². The third kappa shape index (κ3) is 3.30. The van der Waals surface area contributed by atoms with Crippen LogP contribution in [-0.2, 0) is 12.8 Å². The van der Waals surface area contributed by atoms with Crippen LogP contribution in [0, 0.1) is 5.92 Å². The Balaban J connectivity index is 1.43. The molecule has 1 saturated carbocycles. The van der Waals surface area contributed by atoms with Crippen molar-refractivity contribution in [1.29, 1.82) is 0 Å². The van der Waals surface area contributed by atoms with E-state index in [0.717, 1.165) is 25.7 Å². The Hall–Kier alpha value is -3.42. The summed E-state index contributed by atoms with van der Waals surface area (Å²) in [6.07, 6.45) is 5.27. The van der Waals surface area contributed by atoms with Gasteiger partial charge in [-0.1, -0.05) is 24.3 Å². The first-order valence-electron chi connectivity index (χ1n) is 9.78. The molecule has 3 aromatic rings. The summed E-state index contributed by atoms with van der Waals surface area (Å²) in [5.74, 6) is -0.338. The van der Waals surface area contributed by atoms with E-state index in [0.29, 0.717) is 12.5 Å². The zero-order chi connectivity index (χ0) is 20.0. The Morgan fingerprint density at radius 1 is 1.17 bits per heavy atom. The molecule has 0 saturated heterocycles. The number of rotatable bonds is 6. The summed E-state index contributed by atoms with van der Waals surface area (Å²) in [6, 6.07) is 9.78. The number of carbonyl (C=O) groups is 2. The van der Waals surface area contributed by atoms with Crippen LogP contribution in [0.25, 0.3) is 5.65 Å². The molecule has 2 heterocycles. The maximum absolute atomic E-state index is 13.0. The van der Waals surface area contributed by atoms with Gasteiger partial charge in [-0.15, -0.1) is 5.10 Å². The van der Waals surface area contributed by atoms with Gasteiger partial charge in [0.05, 0.1) is 6.61 Å². The normalized spacial score (nSPS) is 16.0. The first-order valence-corrected chi connectivity index (χ1v) is 9.78. The summed E-state index contributed by atoms with van der Waals surface area (Å²) >= 11 is 0. The minimum absolute atomic E-state index is 0.0138. The maximum Gasteiger partial charge on any atom is 0.270 e. The van der Waals surface area contributed by atoms with Crippen molar-refractivity contribution in [3.05, 3.63) is 58.9 Å². The highest BCUT2D eigenvalue weighted by Gasteiger charge is 2.28. The number of hydrogen-bond acceptors (Lipinski definition) is 5. The molecular weight excluding hydrogens is 370 g/mol. The standard InChI is InChI=1S/C21H21N5O3/c22-18(27)17-19-23-8-7-16(26(19)25-21(17)29-11-12-5-6-12)20(28)24-15-9-13-3-1-2-4-14(13)10-15/h1-4,7-8,12,15H,5-6,9-11H2,(H2,22,27)(H,24,28). The molecule has 0 radical (unpaired) electrons. The number of aromatic nitrogens is 3. The second-order valence-electron chi connectivity index (χ2n) is 7.71. The summed E-state index contributed by atoms with van der Waals surface area (Å²) in [6.45, 7) is 0.478. The van der Waals surface area contributed by atoms with E-state index >= 15 is 0 Å². The number of nitrogens with zero attached hydrogens (tertiary/aromatic N) is 3. The lowest BCUT2D eigenvalue weighted by Gasteiger charge is -2.12. The number of nitrogens with two attached hydrogens (primary N) is 1. The molecule has 2 aliphatic rings. The number of carbonyl (C=O) groups excluding carboxylic acids is 2. The summed E-state index contributed by atoms with van der Waals surface area (Å²) < 4.78 is 7.06. The van der Waals surface area contributed by atoms with Crippen molar-refractivity contribution >= 4 is 17.5 Å². The van der Waals surface area contributed by atoms with Crippen LogP contribution in [0.15, 0.2) is 36.5 Å². The smallest absolute Gasteiger partial charge is 0.270 e. The lowest BCUT2D eigenvalue weighted by molar-refractivity contribution is 0.0929. The van der Waals surface area contributed by atoms with Gasteiger partial charge in [0, 0.05) is 12.2 Å². The van der Waals surface area contributed by atoms with Gasteiger partial charge in [-0.2, -0.15) is 0 Å². The van der Waals surface area contributed by atoms with Crippen LogP contribution in [0.5, 0.6) is 5.88 Å². The second kappa shape index (κ2) is 6.88. The molecule has 5 rings (SSSR count). The van der Waals surface area contributed by atoms with Gasteiger partial charge in [-0.3, -0.25) is 9.59 Å². The van der Waals surface area contributed by atoms with E-state index in [-0.39, 0.29) is 34.7 Å². The Bertz CT molecular complexity index is 1090. The zero-order valence-electron chi connectivity index (χ0n) is 15.8. The third-order valence-corrected chi connectivity index (χ3v) is 5.50. The molecule has 0 bridgehead atoms. The predicted octanol–water partition coefficient (Wildman–Crippen LogP) is 1.51. The quantitative estimate of drug-likeness (QED) is 0.662. The van der Waals surface area contributed by atoms with Gasteiger partial charge in [-0.25, -0.2) is 9.50 Å². The SMILES string of the molecule is NC(=O)c1c(OCC2CC2)nn2c(C(=O)NC3Cc4ccccc4C3)ccnc12. The van der Waals surface area contributed by atoms with E-state index in [1.165, 1.54) is 21.8 Å². The molecule has 29 heavy (non-hydrogen) atoms. The minimum Gasteiger partial charge on any atom is -0.476 e. The van der Waals surface area contributed by atoms with Crippen LogP contribution in [0.3, 0.4) is 0 Å². The first-order chi connectivity index (χ1) is 14.1. The van der Waals surface area contributed by atoms with Crippen LogP contribution >= 0.6 is 0 Å². The number of fused-ring (bicyclic) bond motifs is 2. The maximum atomic E-state index is 13.0. The summed E-state index contributed by atoms with van der Waals surface area (Å²) in [7, 11) is 0. The van der Waals surface area contributed by atoms with Gasteiger partial charge in [0.1, 0.15) is 11.3 Å². The molecule has 1 aromatic carbocycles. The molecule has 1 fully saturated rings. The lowest BCUT2D eigenvalue weighted by Crippen LogP contribution is -2.36. The monoisotopic (exact) mass is 391 g/mol. The largest absolute Gasteiger partial charge is 0.476 e. The van der Waals surface area contributed by atoms with Crippen LogP contribution in [0.2, 0.25) is 0 Å². The molecule has 2 amide bonds. The van der Waals surface area contributed by atoms with Gasteiger partial charge < -0.3 is 15.8 Å². The highest BCUT2D eigenvalue weighted by atomic mass is 16.5. The van der Waals surface area contributed by atoms with Crippen molar-refractivity contribution in [2.24, 2.45) is 11.7 Å². The van der Waals surface area contributed by atoms with Crippen LogP contribution in [-0.4, -0.2) is 39.1 Å². The molecule has 2 aliphatic carbocycles. The van der Waals surface area contributed by atoms with Gasteiger partial charge in [0.25, 0.3) is 11.8 Å². The van der Waals surface area contributed by atoms with Crippen LogP contribution in [0.1, 0.15) is 44.8 Å². The van der Waals surface area contributed by atoms with Crippen molar-refractivity contribution in [1.82, 2.24) is 19.9 Å². The highest BCUT2D eigenvalue weighted by Crippen LogP contribution is 2.31. The fraction of sp³-hybridized carbons (Fsp3) is 0.333. The number of nitrogens with one attached hydrogen (secondary N) is 1. The minimum atomic E-state index is -0.679. The van der Waals surface area contributed by atoms with Crippen molar-refractivity contribution in [2.45, 2.75) is 31.7 Å². The van der Waals surface area contributed by atoms with Crippen molar-refractivity contribution in [3.8, 4) is 5.88 Å². The van der Waals surface area contributed by atoms with E-state index in [9.17, 15) is 9.59 Å². The molecule has 8 heteroatoms. The number of primary amides is 1. The Labute approximate surface area is 167 Å². The number of amides is 2. The first kappa shape index (κ1) is 17.7. The molecule has 0 unspecified atom stereocenters. The van der Waals surface area contributed by atoms with Crippen molar-refractivity contribution < 1.29 is 14.3 Å². The Morgan fingerprint density at radius 3 is 2.55 bits per heavy atom. The van der Waals surface area contributed by atoms with Gasteiger partial charge in [-0.05, 0) is 48.8 Å². The molecule has 2 aromatic heterocycles. The summed E-state index contributed by atoms with van der Waals surface area (Å²) in [5, 5.41) is 7.41. The summed E-state index contributed by atoms with van der Waals surface area (Å²) in [5.41, 5.74) is 8.67. The average molecular weight is 391 g/mol. The Morgan fingerprint density at radius 2 is 1.90 bits per heavy atom. The molecular formula is C21H21N5O3. The fourth-order valence-corrected chi connectivity index (χ4v) is 3.82. The number of ether oxygens (including phenoxy) is 1. The molecule has 0 spiro atoms. The van der Waals surface area contributed by atoms with Gasteiger partial charge in [0.15, 0.2) is 5.65 Å². The van der Waals surface area contributed by atoms with Crippen molar-refractivity contribution in [2.75, 3.05) is 6.61 Å². The second-order valence-corrected chi connectivity index (χ2v) is 7.71. The van der Waals surface area contributed by atoms with Crippen LogP contribution < -0.4 is 15.8 Å². The van der Waals surface area contributed by atoms with Gasteiger partial charge in [0.2, 0.25) is 5.88 Å². The van der Waals surface area contributed by atoms with E-state index in [1.54, 1.807) is 6.07 Å². The average Bonchev–Trinajstić information content (AvgIpc) is 3.32. The molecule has 148 valence electrons. The predicted molar refractivity (Wildman–Crippen MR) is 105 cm³/mol. The molecule has 3 N–H and O–H groups in total. The molecule has 0 atom stereocenters. The number of hydrogen-bond donors (Lipinski definition) is 2. The van der Waals surface area contributed by atoms with Gasteiger partial charge >= 0.3 is 0 Å². The topological polar surface area (TPSA) is 112 Å². The fourth-order valence-electron chi connectivity index (χ4n) is 3.82.